The van der Waals surface area contributed by atoms with Crippen LogP contribution in [0.3, 0.4) is 0 Å². The van der Waals surface area contributed by atoms with E-state index in [1.54, 1.807) is 0 Å². The lowest BCUT2D eigenvalue weighted by Gasteiger charge is -2.10. The number of carbonyl (C=O) groups is 1. The first-order valence-electron chi connectivity index (χ1n) is 5.72. The Hall–Kier alpha value is -1.74. The second-order valence-electron chi connectivity index (χ2n) is 4.05. The molecule has 2 nitrogen and oxygen atoms in total. The predicted molar refractivity (Wildman–Crippen MR) is 75.4 cm³/mol. The standard InChI is InChI=1S/C15H14O2S/c1-11(15(16)18)12-6-5-9-14(10-12)17-13-7-3-2-4-8-13/h2-11H,1H3,(H,16,18). The number of hydrogen-bond acceptors (Lipinski definition) is 2. The Labute approximate surface area is 112 Å². The van der Waals surface area contributed by atoms with Crippen LogP contribution in [0.15, 0.2) is 54.6 Å². The van der Waals surface area contributed by atoms with Crippen LogP contribution in [0.5, 0.6) is 11.5 Å². The summed E-state index contributed by atoms with van der Waals surface area (Å²) in [5.74, 6) is 1.27. The fraction of sp³-hybridized carbons (Fsp3) is 0.133. The summed E-state index contributed by atoms with van der Waals surface area (Å²) in [4.78, 5) is 11.2. The minimum Gasteiger partial charge on any atom is -0.457 e. The highest BCUT2D eigenvalue weighted by Crippen LogP contribution is 2.26. The van der Waals surface area contributed by atoms with Crippen molar-refractivity contribution in [3.63, 3.8) is 0 Å². The van der Waals surface area contributed by atoms with Gasteiger partial charge in [-0.05, 0) is 29.8 Å². The quantitative estimate of drug-likeness (QED) is 0.838. The van der Waals surface area contributed by atoms with Gasteiger partial charge in [0, 0.05) is 0 Å². The molecule has 0 N–H and O–H groups in total. The van der Waals surface area contributed by atoms with Gasteiger partial charge in [-0.15, -0.1) is 12.6 Å². The third kappa shape index (κ3) is 3.14. The summed E-state index contributed by atoms with van der Waals surface area (Å²) in [6.07, 6.45) is 0. The number of carbonyl (C=O) groups excluding carboxylic acids is 1. The third-order valence-electron chi connectivity index (χ3n) is 2.71. The molecule has 0 aromatic heterocycles. The van der Waals surface area contributed by atoms with Crippen molar-refractivity contribution in [2.24, 2.45) is 0 Å². The van der Waals surface area contributed by atoms with Crippen molar-refractivity contribution in [2.75, 3.05) is 0 Å². The van der Waals surface area contributed by atoms with Crippen LogP contribution in [0.4, 0.5) is 0 Å². The van der Waals surface area contributed by atoms with Crippen LogP contribution >= 0.6 is 12.6 Å². The fourth-order valence-electron chi connectivity index (χ4n) is 1.61. The highest BCUT2D eigenvalue weighted by atomic mass is 32.1. The average Bonchev–Trinajstić information content (AvgIpc) is 2.39. The van der Waals surface area contributed by atoms with Crippen LogP contribution in [-0.2, 0) is 4.79 Å². The van der Waals surface area contributed by atoms with Crippen molar-refractivity contribution in [1.82, 2.24) is 0 Å². The van der Waals surface area contributed by atoms with Gasteiger partial charge < -0.3 is 4.74 Å². The molecule has 3 heteroatoms. The number of ether oxygens (including phenoxy) is 1. The van der Waals surface area contributed by atoms with Gasteiger partial charge in [-0.25, -0.2) is 0 Å². The van der Waals surface area contributed by atoms with Gasteiger partial charge in [0.2, 0.25) is 0 Å². The average molecular weight is 258 g/mol. The number of thiol groups is 1. The molecule has 0 aliphatic carbocycles. The van der Waals surface area contributed by atoms with Crippen molar-refractivity contribution >= 4 is 17.7 Å². The number of para-hydroxylation sites is 1. The van der Waals surface area contributed by atoms with Crippen LogP contribution in [-0.4, -0.2) is 5.12 Å². The molecule has 0 aliphatic heterocycles. The fourth-order valence-corrected chi connectivity index (χ4v) is 1.76. The van der Waals surface area contributed by atoms with E-state index in [0.29, 0.717) is 0 Å². The Morgan fingerprint density at radius 3 is 2.39 bits per heavy atom. The number of hydrogen-bond donors (Lipinski definition) is 1. The molecule has 0 saturated carbocycles. The minimum absolute atomic E-state index is 0.146. The molecule has 2 aromatic carbocycles. The summed E-state index contributed by atoms with van der Waals surface area (Å²) in [6, 6.07) is 17.1. The van der Waals surface area contributed by atoms with E-state index in [2.05, 4.69) is 12.6 Å². The highest BCUT2D eigenvalue weighted by molar-refractivity contribution is 7.96. The zero-order valence-corrected chi connectivity index (χ0v) is 10.9. The van der Waals surface area contributed by atoms with Crippen molar-refractivity contribution < 1.29 is 9.53 Å². The lowest BCUT2D eigenvalue weighted by molar-refractivity contribution is -0.111. The van der Waals surface area contributed by atoms with Gasteiger partial charge >= 0.3 is 0 Å². The second-order valence-corrected chi connectivity index (χ2v) is 4.49. The van der Waals surface area contributed by atoms with E-state index in [1.807, 2.05) is 61.5 Å². The lowest BCUT2D eigenvalue weighted by Crippen LogP contribution is -2.01. The smallest absolute Gasteiger partial charge is 0.193 e. The Morgan fingerprint density at radius 1 is 1.06 bits per heavy atom. The van der Waals surface area contributed by atoms with Crippen molar-refractivity contribution in [2.45, 2.75) is 12.8 Å². The van der Waals surface area contributed by atoms with E-state index in [1.165, 1.54) is 0 Å². The van der Waals surface area contributed by atoms with E-state index in [-0.39, 0.29) is 11.0 Å². The van der Waals surface area contributed by atoms with Gasteiger partial charge in [0.1, 0.15) is 11.5 Å². The highest BCUT2D eigenvalue weighted by Gasteiger charge is 2.12. The number of rotatable bonds is 4. The monoisotopic (exact) mass is 258 g/mol. The van der Waals surface area contributed by atoms with E-state index < -0.39 is 0 Å². The largest absolute Gasteiger partial charge is 0.457 e. The van der Waals surface area contributed by atoms with Crippen molar-refractivity contribution in [3.8, 4) is 11.5 Å². The van der Waals surface area contributed by atoms with E-state index in [4.69, 9.17) is 4.74 Å². The molecule has 2 aromatic rings. The van der Waals surface area contributed by atoms with Crippen LogP contribution in [0, 0.1) is 0 Å². The normalized spacial score (nSPS) is 11.9. The van der Waals surface area contributed by atoms with Crippen molar-refractivity contribution in [1.29, 1.82) is 0 Å². The topological polar surface area (TPSA) is 26.3 Å². The third-order valence-corrected chi connectivity index (χ3v) is 3.09. The molecule has 92 valence electrons. The first kappa shape index (κ1) is 12.7. The first-order chi connectivity index (χ1) is 8.66. The van der Waals surface area contributed by atoms with Gasteiger partial charge in [-0.1, -0.05) is 37.3 Å². The second kappa shape index (κ2) is 5.74. The van der Waals surface area contributed by atoms with E-state index >= 15 is 0 Å². The van der Waals surface area contributed by atoms with Gasteiger partial charge in [-0.3, -0.25) is 4.79 Å². The summed E-state index contributed by atoms with van der Waals surface area (Å²) in [7, 11) is 0. The minimum atomic E-state index is -0.229. The molecule has 1 unspecified atom stereocenters. The molecule has 2 rings (SSSR count). The summed E-state index contributed by atoms with van der Waals surface area (Å²) < 4.78 is 5.71. The number of benzene rings is 2. The molecule has 0 aliphatic rings. The zero-order valence-electron chi connectivity index (χ0n) is 10.0. The SMILES string of the molecule is CC(C(=O)S)c1cccc(Oc2ccccc2)c1. The first-order valence-corrected chi connectivity index (χ1v) is 6.17. The maximum absolute atomic E-state index is 11.2. The van der Waals surface area contributed by atoms with Crippen LogP contribution in [0.25, 0.3) is 0 Å². The summed E-state index contributed by atoms with van der Waals surface area (Å²) in [6.45, 7) is 1.83. The molecule has 0 heterocycles. The Morgan fingerprint density at radius 2 is 1.72 bits per heavy atom. The maximum Gasteiger partial charge on any atom is 0.193 e. The zero-order chi connectivity index (χ0) is 13.0. The van der Waals surface area contributed by atoms with Gasteiger partial charge in [0.05, 0.1) is 5.92 Å². The molecular formula is C15H14O2S. The van der Waals surface area contributed by atoms with Gasteiger partial charge in [0.25, 0.3) is 0 Å². The summed E-state index contributed by atoms with van der Waals surface area (Å²) in [5, 5.41) is -0.146. The molecule has 0 fully saturated rings. The molecule has 0 bridgehead atoms. The molecule has 0 saturated heterocycles. The predicted octanol–water partition coefficient (Wildman–Crippen LogP) is 4.04. The van der Waals surface area contributed by atoms with E-state index in [0.717, 1.165) is 17.1 Å². The van der Waals surface area contributed by atoms with Gasteiger partial charge in [0.15, 0.2) is 5.12 Å². The Bertz CT molecular complexity index is 537. The summed E-state index contributed by atoms with van der Waals surface area (Å²) >= 11 is 3.86. The molecule has 1 atom stereocenters. The van der Waals surface area contributed by atoms with Gasteiger partial charge in [-0.2, -0.15) is 0 Å². The molecule has 0 spiro atoms. The van der Waals surface area contributed by atoms with E-state index in [9.17, 15) is 4.79 Å². The van der Waals surface area contributed by atoms with Crippen LogP contribution in [0.2, 0.25) is 0 Å². The Balaban J connectivity index is 2.20. The molecule has 18 heavy (non-hydrogen) atoms. The van der Waals surface area contributed by atoms with Crippen LogP contribution < -0.4 is 4.74 Å². The summed E-state index contributed by atoms with van der Waals surface area (Å²) in [5.41, 5.74) is 0.906. The lowest BCUT2D eigenvalue weighted by atomic mass is 10.0. The molecule has 0 amide bonds. The van der Waals surface area contributed by atoms with Crippen molar-refractivity contribution in [3.05, 3.63) is 60.2 Å². The Kier molecular flexibility index (Phi) is 4.05. The van der Waals surface area contributed by atoms with Crippen LogP contribution in [0.1, 0.15) is 18.4 Å². The maximum atomic E-state index is 11.2. The molecule has 0 radical (unpaired) electrons. The molecular weight excluding hydrogens is 244 g/mol.